The molecule has 0 radical (unpaired) electrons. The van der Waals surface area contributed by atoms with Crippen LogP contribution in [0.25, 0.3) is 0 Å². The van der Waals surface area contributed by atoms with Crippen molar-refractivity contribution in [2.75, 3.05) is 19.0 Å². The fourth-order valence-corrected chi connectivity index (χ4v) is 2.30. The van der Waals surface area contributed by atoms with Crippen molar-refractivity contribution in [1.29, 1.82) is 0 Å². The number of halogens is 1. The minimum Gasteiger partial charge on any atom is -0.394 e. The summed E-state index contributed by atoms with van der Waals surface area (Å²) in [7, 11) is 0. The normalized spacial score (nSPS) is 33.0. The van der Waals surface area contributed by atoms with Crippen molar-refractivity contribution >= 4 is 17.6 Å². The van der Waals surface area contributed by atoms with Crippen molar-refractivity contribution in [2.24, 2.45) is 0 Å². The van der Waals surface area contributed by atoms with Crippen LogP contribution in [0.5, 0.6) is 0 Å². The van der Waals surface area contributed by atoms with Gasteiger partial charge in [-0.2, -0.15) is 0 Å². The summed E-state index contributed by atoms with van der Waals surface area (Å²) in [5, 5.41) is 41.3. The van der Waals surface area contributed by atoms with Gasteiger partial charge in [0.1, 0.15) is 24.4 Å². The molecular formula is C12H23ClN2O6. The molecule has 0 bridgehead atoms. The number of hydrogen-bond donors (Lipinski definition) is 5. The molecule has 0 aliphatic carbocycles. The number of nitrogens with zero attached hydrogens (tertiary/aromatic N) is 1. The smallest absolute Gasteiger partial charge is 0.319 e. The summed E-state index contributed by atoms with van der Waals surface area (Å²) >= 11 is 5.51. The molecule has 9 heteroatoms. The molecule has 1 aliphatic heterocycles. The van der Waals surface area contributed by atoms with Gasteiger partial charge in [0.15, 0.2) is 6.23 Å². The van der Waals surface area contributed by atoms with E-state index in [4.69, 9.17) is 21.4 Å². The van der Waals surface area contributed by atoms with Crippen molar-refractivity contribution in [3.63, 3.8) is 0 Å². The van der Waals surface area contributed by atoms with Gasteiger partial charge in [-0.25, -0.2) is 4.79 Å². The van der Waals surface area contributed by atoms with Crippen LogP contribution >= 0.6 is 11.6 Å². The number of ether oxygens (including phenoxy) is 1. The first kappa shape index (κ1) is 18.4. The highest BCUT2D eigenvalue weighted by molar-refractivity contribution is 6.18. The Kier molecular flexibility index (Phi) is 7.11. The Labute approximate surface area is 128 Å². The van der Waals surface area contributed by atoms with Crippen LogP contribution in [-0.4, -0.2) is 87.1 Å². The second-order valence-corrected chi connectivity index (χ2v) is 5.52. The second-order valence-electron chi connectivity index (χ2n) is 5.14. The van der Waals surface area contributed by atoms with Gasteiger partial charge in [0.2, 0.25) is 0 Å². The van der Waals surface area contributed by atoms with Crippen molar-refractivity contribution < 1.29 is 30.0 Å². The second kappa shape index (κ2) is 8.11. The van der Waals surface area contributed by atoms with E-state index in [-0.39, 0.29) is 18.5 Å². The van der Waals surface area contributed by atoms with E-state index >= 15 is 0 Å². The number of alkyl halides is 1. The lowest BCUT2D eigenvalue weighted by Crippen LogP contribution is -2.66. The minimum absolute atomic E-state index is 0.229. The van der Waals surface area contributed by atoms with Crippen molar-refractivity contribution in [2.45, 2.75) is 50.5 Å². The summed E-state index contributed by atoms with van der Waals surface area (Å²) in [6.07, 6.45) is -6.72. The van der Waals surface area contributed by atoms with E-state index in [1.54, 1.807) is 13.8 Å². The molecule has 0 aromatic heterocycles. The molecule has 0 aromatic carbocycles. The Morgan fingerprint density at radius 3 is 2.38 bits per heavy atom. The number of carbonyl (C=O) groups is 1. The van der Waals surface area contributed by atoms with Gasteiger partial charge in [0, 0.05) is 18.5 Å². The maximum absolute atomic E-state index is 12.1. The van der Waals surface area contributed by atoms with E-state index in [0.717, 1.165) is 0 Å². The minimum atomic E-state index is -1.53. The maximum Gasteiger partial charge on any atom is 0.319 e. The molecule has 8 nitrogen and oxygen atoms in total. The summed E-state index contributed by atoms with van der Waals surface area (Å²) in [6.45, 7) is 3.11. The van der Waals surface area contributed by atoms with Crippen LogP contribution in [0.4, 0.5) is 4.79 Å². The quantitative estimate of drug-likeness (QED) is 0.390. The van der Waals surface area contributed by atoms with Crippen LogP contribution in [0.1, 0.15) is 13.8 Å². The first-order chi connectivity index (χ1) is 9.84. The van der Waals surface area contributed by atoms with Crippen LogP contribution in [0.15, 0.2) is 0 Å². The molecule has 0 unspecified atom stereocenters. The zero-order valence-corrected chi connectivity index (χ0v) is 12.8. The number of aliphatic hydroxyl groups excluding tert-OH is 4. The summed E-state index contributed by atoms with van der Waals surface area (Å²) in [4.78, 5) is 13.3. The molecule has 0 aromatic rings. The van der Waals surface area contributed by atoms with Gasteiger partial charge >= 0.3 is 6.03 Å². The number of rotatable bonds is 5. The highest BCUT2D eigenvalue weighted by atomic mass is 35.5. The Morgan fingerprint density at radius 1 is 1.29 bits per heavy atom. The standard InChI is InChI=1S/C12H23ClN2O6/c1-6(2)15(12(20)14-4-3-13)11-10(19)9(18)8(17)7(5-16)21-11/h6-11,16-19H,3-5H2,1-2H3,(H,14,20)/t7-,8-,9+,10-,11-/m1/s1. The fraction of sp³-hybridized carbons (Fsp3) is 0.917. The van der Waals surface area contributed by atoms with Crippen LogP contribution < -0.4 is 5.32 Å². The maximum atomic E-state index is 12.1. The third kappa shape index (κ3) is 4.18. The average molecular weight is 327 g/mol. The van der Waals surface area contributed by atoms with Gasteiger partial charge in [-0.1, -0.05) is 0 Å². The molecule has 1 saturated heterocycles. The molecular weight excluding hydrogens is 304 g/mol. The van der Waals surface area contributed by atoms with E-state index in [1.807, 2.05) is 0 Å². The van der Waals surface area contributed by atoms with E-state index in [0.29, 0.717) is 0 Å². The highest BCUT2D eigenvalue weighted by Gasteiger charge is 2.47. The van der Waals surface area contributed by atoms with Gasteiger partial charge in [-0.05, 0) is 13.8 Å². The Morgan fingerprint density at radius 2 is 1.90 bits per heavy atom. The number of nitrogens with one attached hydrogen (secondary N) is 1. The van der Waals surface area contributed by atoms with Crippen molar-refractivity contribution in [1.82, 2.24) is 10.2 Å². The van der Waals surface area contributed by atoms with Crippen molar-refractivity contribution in [3.8, 4) is 0 Å². The Balaban J connectivity index is 2.92. The number of amides is 2. The first-order valence-electron chi connectivity index (χ1n) is 6.77. The van der Waals surface area contributed by atoms with Crippen molar-refractivity contribution in [3.05, 3.63) is 0 Å². The van der Waals surface area contributed by atoms with E-state index in [9.17, 15) is 20.1 Å². The summed E-state index contributed by atoms with van der Waals surface area (Å²) in [5.74, 6) is 0.229. The summed E-state index contributed by atoms with van der Waals surface area (Å²) in [5.41, 5.74) is 0. The lowest BCUT2D eigenvalue weighted by atomic mass is 9.97. The molecule has 0 spiro atoms. The number of urea groups is 1. The summed E-state index contributed by atoms with van der Waals surface area (Å²) < 4.78 is 5.38. The number of aliphatic hydroxyl groups is 4. The molecule has 21 heavy (non-hydrogen) atoms. The predicted molar refractivity (Wildman–Crippen MR) is 74.9 cm³/mol. The van der Waals surface area contributed by atoms with Gasteiger partial charge in [0.25, 0.3) is 0 Å². The number of carbonyl (C=O) groups excluding carboxylic acids is 1. The van der Waals surface area contributed by atoms with E-state index in [2.05, 4.69) is 5.32 Å². The third-order valence-corrected chi connectivity index (χ3v) is 3.49. The molecule has 124 valence electrons. The first-order valence-corrected chi connectivity index (χ1v) is 7.31. The topological polar surface area (TPSA) is 122 Å². The lowest BCUT2D eigenvalue weighted by molar-refractivity contribution is -0.260. The average Bonchev–Trinajstić information content (AvgIpc) is 2.45. The molecule has 5 atom stereocenters. The van der Waals surface area contributed by atoms with Gasteiger partial charge in [-0.3, -0.25) is 4.90 Å². The number of hydrogen-bond acceptors (Lipinski definition) is 6. The Bertz CT molecular complexity index is 344. The van der Waals surface area contributed by atoms with Crippen LogP contribution in [0.3, 0.4) is 0 Å². The SMILES string of the molecule is CC(C)N(C(=O)NCCCl)[C@@H]1O[C@H](CO)[C@@H](O)[C@H](O)[C@H]1O. The van der Waals surface area contributed by atoms with Crippen LogP contribution in [0.2, 0.25) is 0 Å². The van der Waals surface area contributed by atoms with Gasteiger partial charge in [0.05, 0.1) is 6.61 Å². The highest BCUT2D eigenvalue weighted by Crippen LogP contribution is 2.25. The monoisotopic (exact) mass is 326 g/mol. The molecule has 1 heterocycles. The van der Waals surface area contributed by atoms with Gasteiger partial charge < -0.3 is 30.5 Å². The van der Waals surface area contributed by atoms with Crippen LogP contribution in [0, 0.1) is 0 Å². The molecule has 1 aliphatic rings. The van der Waals surface area contributed by atoms with Gasteiger partial charge in [-0.15, -0.1) is 11.6 Å². The lowest BCUT2D eigenvalue weighted by Gasteiger charge is -2.45. The fourth-order valence-electron chi connectivity index (χ4n) is 2.20. The zero-order valence-electron chi connectivity index (χ0n) is 12.0. The zero-order chi connectivity index (χ0) is 16.2. The largest absolute Gasteiger partial charge is 0.394 e. The third-order valence-electron chi connectivity index (χ3n) is 3.30. The molecule has 1 rings (SSSR count). The molecule has 1 fully saturated rings. The van der Waals surface area contributed by atoms with E-state index in [1.165, 1.54) is 4.90 Å². The van der Waals surface area contributed by atoms with Crippen LogP contribution in [-0.2, 0) is 4.74 Å². The predicted octanol–water partition coefficient (Wildman–Crippen LogP) is -1.55. The molecule has 5 N–H and O–H groups in total. The summed E-state index contributed by atoms with van der Waals surface area (Å²) in [6, 6.07) is -0.864. The van der Waals surface area contributed by atoms with E-state index < -0.39 is 43.3 Å². The molecule has 0 saturated carbocycles. The Hall–Kier alpha value is -0.640. The molecule has 2 amide bonds.